The molecule has 5 nitrogen and oxygen atoms in total. The number of aromatic nitrogens is 1. The number of para-hydroxylation sites is 1. The summed E-state index contributed by atoms with van der Waals surface area (Å²) in [5, 5.41) is 5.69. The van der Waals surface area contributed by atoms with Gasteiger partial charge >= 0.3 is 0 Å². The second-order valence-electron chi connectivity index (χ2n) is 5.86. The van der Waals surface area contributed by atoms with Crippen molar-refractivity contribution >= 4 is 17.5 Å². The van der Waals surface area contributed by atoms with E-state index >= 15 is 0 Å². The largest absolute Gasteiger partial charge is 0.346 e. The van der Waals surface area contributed by atoms with Crippen LogP contribution in [0.25, 0.3) is 0 Å². The van der Waals surface area contributed by atoms with Crippen LogP contribution in [0.15, 0.2) is 79.0 Å². The molecule has 26 heavy (non-hydrogen) atoms. The first kappa shape index (κ1) is 17.4. The number of nitrogens with one attached hydrogen (secondary N) is 2. The van der Waals surface area contributed by atoms with Crippen LogP contribution >= 0.6 is 0 Å². The summed E-state index contributed by atoms with van der Waals surface area (Å²) < 4.78 is 0. The molecule has 0 spiro atoms. The minimum absolute atomic E-state index is 0.140. The quantitative estimate of drug-likeness (QED) is 0.738. The fraction of sp³-hybridized carbons (Fsp3) is 0.0952. The highest BCUT2D eigenvalue weighted by molar-refractivity contribution is 6.04. The molecule has 2 amide bonds. The van der Waals surface area contributed by atoms with Crippen molar-refractivity contribution in [1.29, 1.82) is 0 Å². The van der Waals surface area contributed by atoms with Gasteiger partial charge in [0.05, 0.1) is 6.04 Å². The molecule has 1 heterocycles. The van der Waals surface area contributed by atoms with Crippen molar-refractivity contribution < 1.29 is 9.59 Å². The third kappa shape index (κ3) is 4.33. The third-order valence-electron chi connectivity index (χ3n) is 3.93. The van der Waals surface area contributed by atoms with E-state index in [1.54, 1.807) is 18.2 Å². The summed E-state index contributed by atoms with van der Waals surface area (Å²) in [5.41, 5.74) is 2.26. The number of hydrogen-bond acceptors (Lipinski definition) is 3. The zero-order chi connectivity index (χ0) is 18.4. The van der Waals surface area contributed by atoms with Gasteiger partial charge < -0.3 is 10.6 Å². The standard InChI is InChI=1S/C21H19N3O2/c1-15(16-8-4-2-5-9-16)23-20(25)17-12-13-22-19(14-17)21(26)24-18-10-6-3-7-11-18/h2-15H,1H3,(H,23,25)(H,24,26). The van der Waals surface area contributed by atoms with Gasteiger partial charge in [0, 0.05) is 17.4 Å². The van der Waals surface area contributed by atoms with E-state index in [1.807, 2.05) is 55.5 Å². The van der Waals surface area contributed by atoms with Gasteiger partial charge in [-0.1, -0.05) is 48.5 Å². The first-order valence-electron chi connectivity index (χ1n) is 8.32. The Labute approximate surface area is 152 Å². The van der Waals surface area contributed by atoms with Crippen molar-refractivity contribution in [3.05, 3.63) is 95.8 Å². The van der Waals surface area contributed by atoms with Crippen LogP contribution in [0.5, 0.6) is 0 Å². The molecule has 0 radical (unpaired) electrons. The van der Waals surface area contributed by atoms with Crippen molar-refractivity contribution in [2.45, 2.75) is 13.0 Å². The Morgan fingerprint density at radius 2 is 1.54 bits per heavy atom. The Bertz CT molecular complexity index is 895. The first-order chi connectivity index (χ1) is 12.6. The van der Waals surface area contributed by atoms with Crippen LogP contribution in [-0.4, -0.2) is 16.8 Å². The van der Waals surface area contributed by atoms with Crippen molar-refractivity contribution in [3.8, 4) is 0 Å². The average molecular weight is 345 g/mol. The van der Waals surface area contributed by atoms with Crippen LogP contribution < -0.4 is 10.6 Å². The topological polar surface area (TPSA) is 71.1 Å². The molecule has 3 aromatic rings. The summed E-state index contributed by atoms with van der Waals surface area (Å²) in [6, 6.07) is 21.7. The Morgan fingerprint density at radius 3 is 2.23 bits per heavy atom. The molecule has 0 saturated carbocycles. The molecule has 5 heteroatoms. The van der Waals surface area contributed by atoms with E-state index in [1.165, 1.54) is 12.3 Å². The maximum Gasteiger partial charge on any atom is 0.274 e. The molecule has 3 rings (SSSR count). The smallest absolute Gasteiger partial charge is 0.274 e. The number of rotatable bonds is 5. The number of hydrogen-bond donors (Lipinski definition) is 2. The van der Waals surface area contributed by atoms with Crippen molar-refractivity contribution in [2.75, 3.05) is 5.32 Å². The maximum atomic E-state index is 12.5. The molecule has 0 fully saturated rings. The summed E-state index contributed by atoms with van der Waals surface area (Å²) in [6.45, 7) is 1.91. The van der Waals surface area contributed by atoms with Gasteiger partial charge in [0.1, 0.15) is 5.69 Å². The number of carbonyl (C=O) groups is 2. The fourth-order valence-corrected chi connectivity index (χ4v) is 2.52. The predicted molar refractivity (Wildman–Crippen MR) is 101 cm³/mol. The molecule has 1 atom stereocenters. The molecule has 2 aromatic carbocycles. The lowest BCUT2D eigenvalue weighted by Gasteiger charge is -2.14. The molecule has 0 aliphatic rings. The van der Waals surface area contributed by atoms with Gasteiger partial charge in [-0.15, -0.1) is 0 Å². The molecule has 0 bridgehead atoms. The van der Waals surface area contributed by atoms with Crippen molar-refractivity contribution in [1.82, 2.24) is 10.3 Å². The van der Waals surface area contributed by atoms with Crippen molar-refractivity contribution in [2.24, 2.45) is 0 Å². The molecule has 1 unspecified atom stereocenters. The van der Waals surface area contributed by atoms with E-state index in [-0.39, 0.29) is 23.6 Å². The van der Waals surface area contributed by atoms with E-state index in [9.17, 15) is 9.59 Å². The maximum absolute atomic E-state index is 12.5. The van der Waals surface area contributed by atoms with E-state index in [0.29, 0.717) is 11.3 Å². The number of pyridine rings is 1. The molecule has 0 aliphatic carbocycles. The second kappa shape index (κ2) is 8.07. The summed E-state index contributed by atoms with van der Waals surface area (Å²) >= 11 is 0. The number of amides is 2. The number of anilines is 1. The summed E-state index contributed by atoms with van der Waals surface area (Å²) in [6.07, 6.45) is 1.46. The lowest BCUT2D eigenvalue weighted by molar-refractivity contribution is 0.0939. The van der Waals surface area contributed by atoms with Gasteiger partial charge in [0.25, 0.3) is 11.8 Å². The van der Waals surface area contributed by atoms with Crippen LogP contribution in [0.4, 0.5) is 5.69 Å². The molecule has 130 valence electrons. The predicted octanol–water partition coefficient (Wildman–Crippen LogP) is 3.82. The SMILES string of the molecule is CC(NC(=O)c1ccnc(C(=O)Nc2ccccc2)c1)c1ccccc1. The van der Waals surface area contributed by atoms with Crippen LogP contribution in [-0.2, 0) is 0 Å². The van der Waals surface area contributed by atoms with E-state index in [0.717, 1.165) is 5.56 Å². The number of carbonyl (C=O) groups excluding carboxylic acids is 2. The van der Waals surface area contributed by atoms with Crippen LogP contribution in [0.1, 0.15) is 39.4 Å². The van der Waals surface area contributed by atoms with Crippen LogP contribution in [0.2, 0.25) is 0 Å². The zero-order valence-corrected chi connectivity index (χ0v) is 14.3. The number of nitrogens with zero attached hydrogens (tertiary/aromatic N) is 1. The Kier molecular flexibility index (Phi) is 5.39. The average Bonchev–Trinajstić information content (AvgIpc) is 2.69. The molecule has 1 aromatic heterocycles. The van der Waals surface area contributed by atoms with Gasteiger partial charge in [-0.2, -0.15) is 0 Å². The summed E-state index contributed by atoms with van der Waals surface area (Å²) in [7, 11) is 0. The van der Waals surface area contributed by atoms with Gasteiger partial charge in [0.15, 0.2) is 0 Å². The third-order valence-corrected chi connectivity index (χ3v) is 3.93. The minimum atomic E-state index is -0.359. The minimum Gasteiger partial charge on any atom is -0.346 e. The van der Waals surface area contributed by atoms with E-state index in [2.05, 4.69) is 15.6 Å². The molecular formula is C21H19N3O2. The summed E-state index contributed by atoms with van der Waals surface area (Å²) in [4.78, 5) is 28.9. The monoisotopic (exact) mass is 345 g/mol. The van der Waals surface area contributed by atoms with Gasteiger partial charge in [0.2, 0.25) is 0 Å². The van der Waals surface area contributed by atoms with E-state index in [4.69, 9.17) is 0 Å². The van der Waals surface area contributed by atoms with Crippen LogP contribution in [0, 0.1) is 0 Å². The summed E-state index contributed by atoms with van der Waals surface area (Å²) in [5.74, 6) is -0.612. The highest BCUT2D eigenvalue weighted by atomic mass is 16.2. The Hall–Kier alpha value is -3.47. The zero-order valence-electron chi connectivity index (χ0n) is 14.3. The molecular weight excluding hydrogens is 326 g/mol. The normalized spacial score (nSPS) is 11.4. The fourth-order valence-electron chi connectivity index (χ4n) is 2.52. The van der Waals surface area contributed by atoms with Gasteiger partial charge in [-0.25, -0.2) is 0 Å². The lowest BCUT2D eigenvalue weighted by atomic mass is 10.1. The van der Waals surface area contributed by atoms with Gasteiger partial charge in [-0.05, 0) is 36.8 Å². The van der Waals surface area contributed by atoms with Crippen LogP contribution in [0.3, 0.4) is 0 Å². The Morgan fingerprint density at radius 1 is 0.885 bits per heavy atom. The van der Waals surface area contributed by atoms with E-state index < -0.39 is 0 Å². The highest BCUT2D eigenvalue weighted by Gasteiger charge is 2.14. The van der Waals surface area contributed by atoms with Gasteiger partial charge in [-0.3, -0.25) is 14.6 Å². The second-order valence-corrected chi connectivity index (χ2v) is 5.86. The lowest BCUT2D eigenvalue weighted by Crippen LogP contribution is -2.27. The molecule has 2 N–H and O–H groups in total. The number of benzene rings is 2. The molecule has 0 saturated heterocycles. The van der Waals surface area contributed by atoms with Crippen molar-refractivity contribution in [3.63, 3.8) is 0 Å². The highest BCUT2D eigenvalue weighted by Crippen LogP contribution is 2.13. The Balaban J connectivity index is 1.70. The first-order valence-corrected chi connectivity index (χ1v) is 8.32. The molecule has 0 aliphatic heterocycles.